The quantitative estimate of drug-likeness (QED) is 0.799. The summed E-state index contributed by atoms with van der Waals surface area (Å²) in [4.78, 5) is 22.7. The van der Waals surface area contributed by atoms with Gasteiger partial charge < -0.3 is 10.2 Å². The third-order valence-corrected chi connectivity index (χ3v) is 3.28. The molecule has 2 atom stereocenters. The van der Waals surface area contributed by atoms with E-state index in [0.717, 1.165) is 4.90 Å². The van der Waals surface area contributed by atoms with Crippen molar-refractivity contribution in [1.29, 1.82) is 0 Å². The van der Waals surface area contributed by atoms with Gasteiger partial charge in [0.2, 0.25) is 6.43 Å². The van der Waals surface area contributed by atoms with E-state index in [9.17, 15) is 18.4 Å². The smallest absolute Gasteiger partial charge is 0.408 e. The fourth-order valence-electron chi connectivity index (χ4n) is 2.32. The van der Waals surface area contributed by atoms with Crippen LogP contribution >= 0.6 is 0 Å². The van der Waals surface area contributed by atoms with Crippen molar-refractivity contribution < 1.29 is 28.6 Å². The van der Waals surface area contributed by atoms with Gasteiger partial charge in [-0.2, -0.15) is 0 Å². The molecule has 104 valence electrons. The molecule has 0 aromatic carbocycles. The average molecular weight is 265 g/mol. The van der Waals surface area contributed by atoms with Crippen LogP contribution in [-0.2, 0) is 4.79 Å². The largest absolute Gasteiger partial charge is 0.480 e. The number of carbonyl (C=O) groups is 2. The molecule has 2 unspecified atom stereocenters. The van der Waals surface area contributed by atoms with E-state index >= 15 is 0 Å². The van der Waals surface area contributed by atoms with Crippen molar-refractivity contribution in [3.05, 3.63) is 0 Å². The van der Waals surface area contributed by atoms with Crippen molar-refractivity contribution in [1.82, 2.24) is 4.90 Å². The highest BCUT2D eigenvalue weighted by molar-refractivity contribution is 5.79. The summed E-state index contributed by atoms with van der Waals surface area (Å²) in [6.45, 7) is 0.158. The van der Waals surface area contributed by atoms with Gasteiger partial charge in [0.25, 0.3) is 0 Å². The Morgan fingerprint density at radius 1 is 1.33 bits per heavy atom. The van der Waals surface area contributed by atoms with Crippen LogP contribution in [0.2, 0.25) is 0 Å². The standard InChI is InChI=1S/C11H17F2NO4/c12-9(13)3-1-2-7-4-5-14(11(17)18)8(6-7)10(15)16/h7-9H,1-6H2,(H,15,16)(H,17,18). The van der Waals surface area contributed by atoms with Crippen molar-refractivity contribution in [2.24, 2.45) is 5.92 Å². The Bertz CT molecular complexity index is 311. The van der Waals surface area contributed by atoms with E-state index in [1.54, 1.807) is 0 Å². The van der Waals surface area contributed by atoms with E-state index in [1.165, 1.54) is 0 Å². The van der Waals surface area contributed by atoms with Crippen LogP contribution in [0, 0.1) is 5.92 Å². The molecule has 1 heterocycles. The zero-order valence-electron chi connectivity index (χ0n) is 9.89. The fourth-order valence-corrected chi connectivity index (χ4v) is 2.32. The van der Waals surface area contributed by atoms with Gasteiger partial charge in [0, 0.05) is 13.0 Å². The van der Waals surface area contributed by atoms with Gasteiger partial charge in [-0.15, -0.1) is 0 Å². The molecule has 1 saturated heterocycles. The Hall–Kier alpha value is -1.40. The zero-order valence-corrected chi connectivity index (χ0v) is 9.89. The highest BCUT2D eigenvalue weighted by Crippen LogP contribution is 2.27. The van der Waals surface area contributed by atoms with Crippen molar-refractivity contribution in [3.63, 3.8) is 0 Å². The number of alkyl halides is 2. The number of halogens is 2. The lowest BCUT2D eigenvalue weighted by molar-refractivity contribution is -0.144. The van der Waals surface area contributed by atoms with Crippen LogP contribution in [0.4, 0.5) is 13.6 Å². The van der Waals surface area contributed by atoms with Crippen LogP contribution in [-0.4, -0.2) is 46.2 Å². The molecular weight excluding hydrogens is 248 g/mol. The molecule has 1 aliphatic heterocycles. The SMILES string of the molecule is O=C(O)C1CC(CCCC(F)F)CCN1C(=O)O. The fraction of sp³-hybridized carbons (Fsp3) is 0.818. The van der Waals surface area contributed by atoms with Gasteiger partial charge in [-0.25, -0.2) is 18.4 Å². The Balaban J connectivity index is 2.47. The van der Waals surface area contributed by atoms with Crippen molar-refractivity contribution in [2.75, 3.05) is 6.54 Å². The second-order valence-corrected chi connectivity index (χ2v) is 4.54. The van der Waals surface area contributed by atoms with Crippen LogP contribution in [0.1, 0.15) is 32.1 Å². The maximum absolute atomic E-state index is 12.0. The molecule has 0 aromatic rings. The van der Waals surface area contributed by atoms with Crippen molar-refractivity contribution >= 4 is 12.1 Å². The number of piperidine rings is 1. The summed E-state index contributed by atoms with van der Waals surface area (Å²) in [5, 5.41) is 17.8. The summed E-state index contributed by atoms with van der Waals surface area (Å²) in [7, 11) is 0. The molecule has 0 saturated carbocycles. The molecule has 1 fully saturated rings. The van der Waals surface area contributed by atoms with Gasteiger partial charge in [0.1, 0.15) is 6.04 Å². The first-order valence-corrected chi connectivity index (χ1v) is 5.92. The lowest BCUT2D eigenvalue weighted by Gasteiger charge is -2.35. The van der Waals surface area contributed by atoms with Crippen LogP contribution in [0.15, 0.2) is 0 Å². The molecule has 0 radical (unpaired) electrons. The van der Waals surface area contributed by atoms with Crippen molar-refractivity contribution in [2.45, 2.75) is 44.6 Å². The number of hydrogen-bond donors (Lipinski definition) is 2. The predicted octanol–water partition coefficient (Wildman–Crippen LogP) is 2.26. The molecule has 5 nitrogen and oxygen atoms in total. The van der Waals surface area contributed by atoms with E-state index in [4.69, 9.17) is 10.2 Å². The number of hydrogen-bond acceptors (Lipinski definition) is 2. The van der Waals surface area contributed by atoms with E-state index in [2.05, 4.69) is 0 Å². The number of nitrogens with zero attached hydrogens (tertiary/aromatic N) is 1. The first-order chi connectivity index (χ1) is 8.41. The summed E-state index contributed by atoms with van der Waals surface area (Å²) in [6.07, 6.45) is -2.13. The first kappa shape index (κ1) is 14.7. The predicted molar refractivity (Wildman–Crippen MR) is 58.7 cm³/mol. The molecule has 1 aliphatic rings. The molecule has 0 spiro atoms. The van der Waals surface area contributed by atoms with Crippen molar-refractivity contribution in [3.8, 4) is 0 Å². The number of rotatable bonds is 5. The second kappa shape index (κ2) is 6.51. The highest BCUT2D eigenvalue weighted by atomic mass is 19.3. The molecule has 2 N–H and O–H groups in total. The average Bonchev–Trinajstić information content (AvgIpc) is 2.28. The third-order valence-electron chi connectivity index (χ3n) is 3.28. The van der Waals surface area contributed by atoms with Crippen LogP contribution in [0.5, 0.6) is 0 Å². The minimum Gasteiger partial charge on any atom is -0.480 e. The Kier molecular flexibility index (Phi) is 5.30. The second-order valence-electron chi connectivity index (χ2n) is 4.54. The van der Waals surface area contributed by atoms with Gasteiger partial charge >= 0.3 is 12.1 Å². The molecular formula is C11H17F2NO4. The molecule has 7 heteroatoms. The first-order valence-electron chi connectivity index (χ1n) is 5.92. The van der Waals surface area contributed by atoms with Gasteiger partial charge in [-0.1, -0.05) is 6.42 Å². The van der Waals surface area contributed by atoms with Gasteiger partial charge in [-0.3, -0.25) is 4.90 Å². The maximum Gasteiger partial charge on any atom is 0.408 e. The normalized spacial score (nSPS) is 24.3. The maximum atomic E-state index is 12.0. The van der Waals surface area contributed by atoms with E-state index < -0.39 is 24.5 Å². The summed E-state index contributed by atoms with van der Waals surface area (Å²) in [6, 6.07) is -1.05. The summed E-state index contributed by atoms with van der Waals surface area (Å²) >= 11 is 0. The van der Waals surface area contributed by atoms with Crippen LogP contribution in [0.25, 0.3) is 0 Å². The Morgan fingerprint density at radius 2 is 2.00 bits per heavy atom. The van der Waals surface area contributed by atoms with Gasteiger partial charge in [-0.05, 0) is 25.2 Å². The molecule has 0 bridgehead atoms. The van der Waals surface area contributed by atoms with Crippen LogP contribution in [0.3, 0.4) is 0 Å². The molecule has 1 rings (SSSR count). The van der Waals surface area contributed by atoms with Gasteiger partial charge in [0.05, 0.1) is 0 Å². The topological polar surface area (TPSA) is 77.8 Å². The lowest BCUT2D eigenvalue weighted by Crippen LogP contribution is -2.49. The summed E-state index contributed by atoms with van der Waals surface area (Å²) in [5.74, 6) is -1.16. The molecule has 1 amide bonds. The molecule has 0 aliphatic carbocycles. The zero-order chi connectivity index (χ0) is 13.7. The van der Waals surface area contributed by atoms with E-state index in [1.807, 2.05) is 0 Å². The highest BCUT2D eigenvalue weighted by Gasteiger charge is 2.35. The minimum atomic E-state index is -2.33. The molecule has 18 heavy (non-hydrogen) atoms. The van der Waals surface area contributed by atoms with E-state index in [0.29, 0.717) is 19.3 Å². The Labute approximate surface area is 103 Å². The number of likely N-dealkylation sites (tertiary alicyclic amines) is 1. The number of carboxylic acid groups (broad SMARTS) is 2. The number of aliphatic carboxylic acids is 1. The van der Waals surface area contributed by atoms with Crippen LogP contribution < -0.4 is 0 Å². The summed E-state index contributed by atoms with van der Waals surface area (Å²) in [5.41, 5.74) is 0. The number of amides is 1. The summed E-state index contributed by atoms with van der Waals surface area (Å²) < 4.78 is 24.0. The van der Waals surface area contributed by atoms with E-state index in [-0.39, 0.29) is 25.3 Å². The minimum absolute atomic E-state index is 0.0143. The van der Waals surface area contributed by atoms with Gasteiger partial charge in [0.15, 0.2) is 0 Å². The molecule has 0 aromatic heterocycles. The monoisotopic (exact) mass is 265 g/mol. The number of carboxylic acids is 1. The third kappa shape index (κ3) is 4.12. The Morgan fingerprint density at radius 3 is 2.50 bits per heavy atom. The lowest BCUT2D eigenvalue weighted by atomic mass is 9.87.